The topological polar surface area (TPSA) is 138 Å². The molecule has 0 spiro atoms. The fourth-order valence-electron chi connectivity index (χ4n) is 2.38. The summed E-state index contributed by atoms with van der Waals surface area (Å²) in [5.41, 5.74) is -3.51. The Morgan fingerprint density at radius 1 is 1.26 bits per heavy atom. The summed E-state index contributed by atoms with van der Waals surface area (Å²) in [6.45, 7) is 0. The van der Waals surface area contributed by atoms with Crippen LogP contribution in [-0.2, 0) is 9.59 Å². The smallest absolute Gasteiger partial charge is 0.388 e. The standard InChI is InChI=1S/C14H10ClNO7/c15-8-2-4-11(17)9(5-8)7-1-3-10(12(18)19)14(6-7,13(20)21)16(22)23/h1-5,17H,6H2,(H,18,19)(H,20,21). The van der Waals surface area contributed by atoms with Crippen molar-refractivity contribution in [3.63, 3.8) is 0 Å². The molecule has 3 N–H and O–H groups in total. The van der Waals surface area contributed by atoms with Crippen LogP contribution in [0.3, 0.4) is 0 Å². The minimum absolute atomic E-state index is 0.0918. The zero-order valence-corrected chi connectivity index (χ0v) is 12.1. The van der Waals surface area contributed by atoms with Gasteiger partial charge in [-0.05, 0) is 29.8 Å². The average Bonchev–Trinajstić information content (AvgIpc) is 2.48. The van der Waals surface area contributed by atoms with E-state index in [9.17, 15) is 29.9 Å². The number of nitro groups is 1. The minimum atomic E-state index is -2.84. The Balaban J connectivity index is 2.67. The van der Waals surface area contributed by atoms with Crippen LogP contribution >= 0.6 is 11.6 Å². The highest BCUT2D eigenvalue weighted by Crippen LogP contribution is 2.40. The van der Waals surface area contributed by atoms with Gasteiger partial charge in [-0.25, -0.2) is 9.59 Å². The van der Waals surface area contributed by atoms with E-state index in [1.807, 2.05) is 0 Å². The van der Waals surface area contributed by atoms with Crippen LogP contribution in [0.25, 0.3) is 5.57 Å². The molecule has 0 aromatic heterocycles. The van der Waals surface area contributed by atoms with Crippen LogP contribution in [0, 0.1) is 10.1 Å². The summed E-state index contributed by atoms with van der Waals surface area (Å²) in [6.07, 6.45) is 1.35. The number of phenolic OH excluding ortho intramolecular Hbond substituents is 1. The van der Waals surface area contributed by atoms with Gasteiger partial charge in [0.25, 0.3) is 0 Å². The van der Waals surface area contributed by atoms with Crippen molar-refractivity contribution in [3.05, 3.63) is 56.6 Å². The molecule has 0 saturated heterocycles. The maximum Gasteiger partial charge on any atom is 0.388 e. The molecule has 1 aliphatic carbocycles. The third-order valence-electron chi connectivity index (χ3n) is 3.54. The van der Waals surface area contributed by atoms with Crippen molar-refractivity contribution in [3.8, 4) is 5.75 Å². The van der Waals surface area contributed by atoms with Crippen molar-refractivity contribution in [2.24, 2.45) is 0 Å². The highest BCUT2D eigenvalue weighted by molar-refractivity contribution is 6.30. The summed E-state index contributed by atoms with van der Waals surface area (Å²) < 4.78 is 0. The summed E-state index contributed by atoms with van der Waals surface area (Å²) in [5, 5.41) is 39.8. The molecule has 2 rings (SSSR count). The highest BCUT2D eigenvalue weighted by atomic mass is 35.5. The molecule has 0 saturated carbocycles. The quantitative estimate of drug-likeness (QED) is 0.562. The second-order valence-electron chi connectivity index (χ2n) is 4.84. The van der Waals surface area contributed by atoms with E-state index in [2.05, 4.69) is 0 Å². The van der Waals surface area contributed by atoms with E-state index in [1.165, 1.54) is 24.3 Å². The van der Waals surface area contributed by atoms with Crippen LogP contribution in [0.15, 0.2) is 35.9 Å². The number of hydrogen-bond acceptors (Lipinski definition) is 5. The molecule has 0 radical (unpaired) electrons. The van der Waals surface area contributed by atoms with E-state index in [-0.39, 0.29) is 21.9 Å². The van der Waals surface area contributed by atoms with E-state index < -0.39 is 34.4 Å². The molecule has 0 heterocycles. The van der Waals surface area contributed by atoms with Gasteiger partial charge in [-0.2, -0.15) is 0 Å². The maximum absolute atomic E-state index is 11.5. The Hall–Kier alpha value is -2.87. The number of rotatable bonds is 4. The zero-order valence-electron chi connectivity index (χ0n) is 11.4. The first kappa shape index (κ1) is 16.5. The average molecular weight is 340 g/mol. The molecule has 1 aromatic rings. The lowest BCUT2D eigenvalue weighted by molar-refractivity contribution is -0.542. The Bertz CT molecular complexity index is 767. The Morgan fingerprint density at radius 3 is 2.43 bits per heavy atom. The van der Waals surface area contributed by atoms with Gasteiger partial charge in [0.15, 0.2) is 0 Å². The van der Waals surface area contributed by atoms with E-state index in [0.717, 1.165) is 6.08 Å². The molecule has 1 atom stereocenters. The number of phenols is 1. The molecule has 0 aliphatic heterocycles. The summed E-state index contributed by atoms with van der Waals surface area (Å²) in [6, 6.07) is 3.96. The Labute approximate surface area is 134 Å². The number of benzene rings is 1. The molecule has 1 aromatic carbocycles. The number of aromatic hydroxyl groups is 1. The molecule has 1 unspecified atom stereocenters. The fraction of sp³-hybridized carbons (Fsp3) is 0.143. The number of halogens is 1. The van der Waals surface area contributed by atoms with Crippen molar-refractivity contribution in [1.29, 1.82) is 0 Å². The van der Waals surface area contributed by atoms with Crippen LogP contribution in [0.5, 0.6) is 5.75 Å². The summed E-state index contributed by atoms with van der Waals surface area (Å²) in [5.74, 6) is -3.85. The normalized spacial score (nSPS) is 20.4. The minimum Gasteiger partial charge on any atom is -0.507 e. The van der Waals surface area contributed by atoms with Crippen molar-refractivity contribution < 1.29 is 29.8 Å². The first-order valence-electron chi connectivity index (χ1n) is 6.21. The molecule has 23 heavy (non-hydrogen) atoms. The predicted octanol–water partition coefficient (Wildman–Crippen LogP) is 1.94. The molecule has 0 amide bonds. The van der Waals surface area contributed by atoms with E-state index >= 15 is 0 Å². The molecule has 120 valence electrons. The van der Waals surface area contributed by atoms with Gasteiger partial charge >= 0.3 is 17.5 Å². The van der Waals surface area contributed by atoms with Crippen LogP contribution in [0.2, 0.25) is 5.02 Å². The fourth-order valence-corrected chi connectivity index (χ4v) is 2.55. The summed E-state index contributed by atoms with van der Waals surface area (Å²) in [4.78, 5) is 32.9. The third-order valence-corrected chi connectivity index (χ3v) is 3.78. The molecule has 8 nitrogen and oxygen atoms in total. The van der Waals surface area contributed by atoms with Gasteiger partial charge in [0, 0.05) is 15.5 Å². The number of carbonyl (C=O) groups is 2. The predicted molar refractivity (Wildman–Crippen MR) is 78.8 cm³/mol. The largest absolute Gasteiger partial charge is 0.507 e. The van der Waals surface area contributed by atoms with Gasteiger partial charge in [-0.15, -0.1) is 0 Å². The molecular weight excluding hydrogens is 330 g/mol. The Morgan fingerprint density at radius 2 is 1.91 bits per heavy atom. The van der Waals surface area contributed by atoms with Gasteiger partial charge in [0.2, 0.25) is 0 Å². The molecular formula is C14H10ClNO7. The van der Waals surface area contributed by atoms with Crippen molar-refractivity contribution in [2.75, 3.05) is 0 Å². The second kappa shape index (κ2) is 5.73. The van der Waals surface area contributed by atoms with E-state index in [4.69, 9.17) is 16.7 Å². The van der Waals surface area contributed by atoms with Crippen LogP contribution in [-0.4, -0.2) is 37.7 Å². The molecule has 9 heteroatoms. The molecule has 0 fully saturated rings. The van der Waals surface area contributed by atoms with Crippen molar-refractivity contribution in [2.45, 2.75) is 12.0 Å². The van der Waals surface area contributed by atoms with Crippen molar-refractivity contribution >= 4 is 29.1 Å². The highest BCUT2D eigenvalue weighted by Gasteiger charge is 2.59. The van der Waals surface area contributed by atoms with Crippen molar-refractivity contribution in [1.82, 2.24) is 0 Å². The number of hydrogen-bond donors (Lipinski definition) is 3. The number of carboxylic acid groups (broad SMARTS) is 2. The summed E-state index contributed by atoms with van der Waals surface area (Å²) in [7, 11) is 0. The second-order valence-corrected chi connectivity index (χ2v) is 5.27. The van der Waals surface area contributed by atoms with Gasteiger partial charge in [0.1, 0.15) is 11.3 Å². The number of carboxylic acids is 2. The number of aliphatic carboxylic acids is 2. The van der Waals surface area contributed by atoms with Crippen LogP contribution in [0.4, 0.5) is 0 Å². The maximum atomic E-state index is 11.5. The molecule has 0 bridgehead atoms. The zero-order chi connectivity index (χ0) is 17.4. The monoisotopic (exact) mass is 339 g/mol. The SMILES string of the molecule is O=C(O)C1=CC=C(c2cc(Cl)ccc2O)CC1(C(=O)O)[N+](=O)[O-]. The number of allylic oxidation sites excluding steroid dienone is 2. The lowest BCUT2D eigenvalue weighted by Crippen LogP contribution is -2.51. The molecule has 1 aliphatic rings. The van der Waals surface area contributed by atoms with Gasteiger partial charge in [-0.1, -0.05) is 17.7 Å². The van der Waals surface area contributed by atoms with Gasteiger partial charge in [-0.3, -0.25) is 10.1 Å². The van der Waals surface area contributed by atoms with E-state index in [0.29, 0.717) is 0 Å². The lowest BCUT2D eigenvalue weighted by Gasteiger charge is -2.26. The lowest BCUT2D eigenvalue weighted by atomic mass is 9.78. The first-order valence-corrected chi connectivity index (χ1v) is 6.59. The van der Waals surface area contributed by atoms with Crippen LogP contribution in [0.1, 0.15) is 12.0 Å². The van der Waals surface area contributed by atoms with Gasteiger partial charge in [0.05, 0.1) is 6.42 Å². The third kappa shape index (κ3) is 2.64. The van der Waals surface area contributed by atoms with E-state index in [1.54, 1.807) is 0 Å². The number of nitrogens with zero attached hydrogens (tertiary/aromatic N) is 1. The van der Waals surface area contributed by atoms with Gasteiger partial charge < -0.3 is 15.3 Å². The Kier molecular flexibility index (Phi) is 4.11. The first-order chi connectivity index (χ1) is 10.7. The van der Waals surface area contributed by atoms with Crippen LogP contribution < -0.4 is 0 Å². The summed E-state index contributed by atoms with van der Waals surface area (Å²) >= 11 is 5.81.